The van der Waals surface area contributed by atoms with Crippen LogP contribution in [0.1, 0.15) is 41.5 Å². The third-order valence-corrected chi connectivity index (χ3v) is 0.889. The van der Waals surface area contributed by atoms with Crippen molar-refractivity contribution in [3.8, 4) is 0 Å². The molecule has 0 saturated heterocycles. The average molecular weight is 158 g/mol. The monoisotopic (exact) mass is 158 g/mol. The van der Waals surface area contributed by atoms with Gasteiger partial charge in [-0.2, -0.15) is 0 Å². The van der Waals surface area contributed by atoms with Crippen molar-refractivity contribution >= 4 is 0 Å². The molecule has 1 nitrogen and oxygen atoms in total. The van der Waals surface area contributed by atoms with Gasteiger partial charge in [0.2, 0.25) is 0 Å². The smallest absolute Gasteiger partial charge is 0.0771 e. The summed E-state index contributed by atoms with van der Waals surface area (Å²) in [5, 5.41) is 9.18. The van der Waals surface area contributed by atoms with Crippen molar-refractivity contribution < 1.29 is 5.11 Å². The Balaban J connectivity index is 0. The standard InChI is InChI=1S/C8H16O.C2H6/c1-7(2)5-6-8(3,4)9;1-2/h5-7,9H,1-4H3;1-2H3/b6-5-;. The molecule has 0 unspecified atom stereocenters. The molecule has 0 aromatic rings. The lowest BCUT2D eigenvalue weighted by Crippen LogP contribution is -2.13. The highest BCUT2D eigenvalue weighted by molar-refractivity contribution is 4.96. The summed E-state index contributed by atoms with van der Waals surface area (Å²) in [6.07, 6.45) is 3.82. The Bertz CT molecular complexity index is 95.9. The maximum atomic E-state index is 9.18. The Labute approximate surface area is 71.1 Å². The second kappa shape index (κ2) is 6.41. The quantitative estimate of drug-likeness (QED) is 0.612. The van der Waals surface area contributed by atoms with Crippen LogP contribution in [0.15, 0.2) is 12.2 Å². The van der Waals surface area contributed by atoms with Gasteiger partial charge < -0.3 is 5.11 Å². The van der Waals surface area contributed by atoms with Crippen molar-refractivity contribution in [3.05, 3.63) is 12.2 Å². The first-order valence-electron chi connectivity index (χ1n) is 4.33. The lowest BCUT2D eigenvalue weighted by molar-refractivity contribution is 0.132. The molecule has 0 bridgehead atoms. The molecular weight excluding hydrogens is 136 g/mol. The van der Waals surface area contributed by atoms with Crippen molar-refractivity contribution in [2.75, 3.05) is 0 Å². The summed E-state index contributed by atoms with van der Waals surface area (Å²) >= 11 is 0. The van der Waals surface area contributed by atoms with Crippen molar-refractivity contribution in [1.29, 1.82) is 0 Å². The molecule has 0 aliphatic rings. The first kappa shape index (κ1) is 13.3. The highest BCUT2D eigenvalue weighted by Gasteiger charge is 2.05. The Hall–Kier alpha value is -0.300. The number of hydrogen-bond acceptors (Lipinski definition) is 1. The van der Waals surface area contributed by atoms with Crippen LogP contribution >= 0.6 is 0 Å². The number of allylic oxidation sites excluding steroid dienone is 1. The van der Waals surface area contributed by atoms with Crippen LogP contribution < -0.4 is 0 Å². The van der Waals surface area contributed by atoms with Crippen molar-refractivity contribution in [2.45, 2.75) is 47.1 Å². The van der Waals surface area contributed by atoms with Gasteiger partial charge in [0.1, 0.15) is 0 Å². The molecule has 0 radical (unpaired) electrons. The van der Waals surface area contributed by atoms with Crippen LogP contribution in [-0.2, 0) is 0 Å². The van der Waals surface area contributed by atoms with Crippen LogP contribution in [0.25, 0.3) is 0 Å². The van der Waals surface area contributed by atoms with Crippen molar-refractivity contribution in [2.24, 2.45) is 5.92 Å². The minimum absolute atomic E-state index is 0.524. The van der Waals surface area contributed by atoms with Crippen LogP contribution in [0.3, 0.4) is 0 Å². The van der Waals surface area contributed by atoms with E-state index >= 15 is 0 Å². The van der Waals surface area contributed by atoms with Crippen LogP contribution in [0.2, 0.25) is 0 Å². The third-order valence-electron chi connectivity index (χ3n) is 0.889. The molecule has 11 heavy (non-hydrogen) atoms. The predicted molar refractivity (Wildman–Crippen MR) is 51.6 cm³/mol. The van der Waals surface area contributed by atoms with Crippen LogP contribution in [0.4, 0.5) is 0 Å². The highest BCUT2D eigenvalue weighted by Crippen LogP contribution is 2.05. The summed E-state index contributed by atoms with van der Waals surface area (Å²) in [7, 11) is 0. The summed E-state index contributed by atoms with van der Waals surface area (Å²) in [4.78, 5) is 0. The molecule has 0 heterocycles. The maximum Gasteiger partial charge on any atom is 0.0771 e. The minimum atomic E-state index is -0.649. The zero-order valence-corrected chi connectivity index (χ0v) is 8.68. The highest BCUT2D eigenvalue weighted by atomic mass is 16.3. The van der Waals surface area contributed by atoms with E-state index in [-0.39, 0.29) is 0 Å². The minimum Gasteiger partial charge on any atom is -0.386 e. The van der Waals surface area contributed by atoms with E-state index < -0.39 is 5.60 Å². The molecule has 0 amide bonds. The predicted octanol–water partition coefficient (Wildman–Crippen LogP) is 3.00. The summed E-state index contributed by atoms with van der Waals surface area (Å²) in [6.45, 7) is 11.7. The van der Waals surface area contributed by atoms with Gasteiger partial charge in [-0.15, -0.1) is 0 Å². The fraction of sp³-hybridized carbons (Fsp3) is 0.800. The summed E-state index contributed by atoms with van der Waals surface area (Å²) in [6, 6.07) is 0. The Morgan fingerprint density at radius 3 is 1.64 bits per heavy atom. The van der Waals surface area contributed by atoms with E-state index in [1.54, 1.807) is 13.8 Å². The van der Waals surface area contributed by atoms with E-state index in [4.69, 9.17) is 0 Å². The number of rotatable bonds is 2. The second-order valence-electron chi connectivity index (χ2n) is 3.26. The van der Waals surface area contributed by atoms with Crippen LogP contribution in [0, 0.1) is 5.92 Å². The van der Waals surface area contributed by atoms with E-state index in [0.717, 1.165) is 0 Å². The van der Waals surface area contributed by atoms with E-state index in [9.17, 15) is 5.11 Å². The van der Waals surface area contributed by atoms with Gasteiger partial charge in [-0.1, -0.05) is 39.8 Å². The maximum absolute atomic E-state index is 9.18. The van der Waals surface area contributed by atoms with Gasteiger partial charge in [0, 0.05) is 0 Å². The summed E-state index contributed by atoms with van der Waals surface area (Å²) < 4.78 is 0. The first-order chi connectivity index (χ1) is 4.92. The van der Waals surface area contributed by atoms with Crippen LogP contribution in [-0.4, -0.2) is 10.7 Å². The van der Waals surface area contributed by atoms with E-state index in [1.165, 1.54) is 0 Å². The topological polar surface area (TPSA) is 20.2 Å². The van der Waals surface area contributed by atoms with E-state index in [0.29, 0.717) is 5.92 Å². The largest absolute Gasteiger partial charge is 0.386 e. The average Bonchev–Trinajstić information content (AvgIpc) is 1.87. The second-order valence-corrected chi connectivity index (χ2v) is 3.26. The molecule has 0 aromatic heterocycles. The third kappa shape index (κ3) is 17.7. The summed E-state index contributed by atoms with van der Waals surface area (Å²) in [5.41, 5.74) is -0.649. The molecule has 0 rings (SSSR count). The van der Waals surface area contributed by atoms with Gasteiger partial charge in [-0.3, -0.25) is 0 Å². The molecule has 1 N–H and O–H groups in total. The molecule has 0 fully saturated rings. The first-order valence-corrected chi connectivity index (χ1v) is 4.33. The van der Waals surface area contributed by atoms with Crippen molar-refractivity contribution in [1.82, 2.24) is 0 Å². The van der Waals surface area contributed by atoms with Gasteiger partial charge in [0.15, 0.2) is 0 Å². The van der Waals surface area contributed by atoms with Gasteiger partial charge in [-0.25, -0.2) is 0 Å². The zero-order chi connectivity index (χ0) is 9.49. The van der Waals surface area contributed by atoms with Gasteiger partial charge >= 0.3 is 0 Å². The molecule has 68 valence electrons. The number of aliphatic hydroxyl groups is 1. The molecule has 0 aliphatic carbocycles. The zero-order valence-electron chi connectivity index (χ0n) is 8.68. The number of hydrogen-bond donors (Lipinski definition) is 1. The Morgan fingerprint density at radius 2 is 1.55 bits per heavy atom. The summed E-state index contributed by atoms with van der Waals surface area (Å²) in [5.74, 6) is 0.524. The normalized spacial score (nSPS) is 11.6. The fourth-order valence-electron chi connectivity index (χ4n) is 0.428. The Kier molecular flexibility index (Phi) is 7.75. The van der Waals surface area contributed by atoms with Gasteiger partial charge in [0.05, 0.1) is 5.60 Å². The van der Waals surface area contributed by atoms with E-state index in [2.05, 4.69) is 13.8 Å². The molecule has 1 heteroatoms. The molecule has 0 aliphatic heterocycles. The van der Waals surface area contributed by atoms with Crippen LogP contribution in [0.5, 0.6) is 0 Å². The fourth-order valence-corrected chi connectivity index (χ4v) is 0.428. The van der Waals surface area contributed by atoms with Gasteiger partial charge in [0.25, 0.3) is 0 Å². The molecule has 0 saturated carbocycles. The lowest BCUT2D eigenvalue weighted by Gasteiger charge is -2.10. The molecule has 0 atom stereocenters. The van der Waals surface area contributed by atoms with E-state index in [1.807, 2.05) is 26.0 Å². The Morgan fingerprint density at radius 1 is 1.18 bits per heavy atom. The molecule has 0 aromatic carbocycles. The van der Waals surface area contributed by atoms with Gasteiger partial charge in [-0.05, 0) is 19.8 Å². The lowest BCUT2D eigenvalue weighted by atomic mass is 10.1. The molecule has 0 spiro atoms. The molecular formula is C10H22O. The van der Waals surface area contributed by atoms with Crippen molar-refractivity contribution in [3.63, 3.8) is 0 Å². The SMILES string of the molecule is CC.CC(C)/C=C\C(C)(C)O.